The molecule has 36 heteroatoms. The van der Waals surface area contributed by atoms with Crippen LogP contribution in [0.4, 0.5) is 17.5 Å². The van der Waals surface area contributed by atoms with E-state index in [0.717, 1.165) is 28.8 Å². The number of benzene rings is 6. The van der Waals surface area contributed by atoms with Gasteiger partial charge in [-0.3, -0.25) is 33.9 Å². The van der Waals surface area contributed by atoms with Crippen molar-refractivity contribution in [1.82, 2.24) is 30.4 Å². The summed E-state index contributed by atoms with van der Waals surface area (Å²) in [5, 5.41) is 41.5. The second-order valence-electron chi connectivity index (χ2n) is 21.0. The molecule has 0 saturated carbocycles. The van der Waals surface area contributed by atoms with Crippen molar-refractivity contribution < 1.29 is 92.9 Å². The molecule has 6 N–H and O–H groups in total. The van der Waals surface area contributed by atoms with Crippen LogP contribution in [-0.2, 0) is 65.5 Å². The summed E-state index contributed by atoms with van der Waals surface area (Å²) in [4.78, 5) is 21.9. The third-order valence-corrected chi connectivity index (χ3v) is 19.6. The predicted molar refractivity (Wildman–Crippen MR) is 398 cm³/mol. The van der Waals surface area contributed by atoms with E-state index in [1.807, 2.05) is 43.3 Å². The number of nitrogens with one attached hydrogen (secondary N) is 3. The minimum absolute atomic E-state index is 0.0286. The number of ether oxygens (including phenoxy) is 6. The van der Waals surface area contributed by atoms with Crippen LogP contribution >= 0.6 is 37.3 Å². The van der Waals surface area contributed by atoms with Gasteiger partial charge in [0.2, 0.25) is 9.23 Å². The van der Waals surface area contributed by atoms with Gasteiger partial charge in [0.25, 0.3) is 30.1 Å². The van der Waals surface area contributed by atoms with Crippen molar-refractivity contribution in [3.63, 3.8) is 0 Å². The van der Waals surface area contributed by atoms with Crippen LogP contribution in [-0.4, -0.2) is 124 Å². The molecule has 0 bridgehead atoms. The van der Waals surface area contributed by atoms with Crippen molar-refractivity contribution in [3.05, 3.63) is 214 Å². The van der Waals surface area contributed by atoms with Crippen LogP contribution in [0.1, 0.15) is 77.7 Å². The highest BCUT2D eigenvalue weighted by molar-refractivity contribution is 9.10. The van der Waals surface area contributed by atoms with E-state index in [1.165, 1.54) is 79.1 Å². The number of sulfonamides is 3. The van der Waals surface area contributed by atoms with Crippen LogP contribution in [0.3, 0.4) is 0 Å². The first-order valence-corrected chi connectivity index (χ1v) is 38.5. The normalized spacial score (nSPS) is 11.4. The molecule has 105 heavy (non-hydrogen) atoms. The molecule has 0 amide bonds. The Morgan fingerprint density at radius 2 is 0.905 bits per heavy atom. The SMILES string of the molecule is COc1cccc(CO)c1S(=O)(=O)Nc1noc2cc(Br)cc(OC)c12.COc1cccc(CO)c1S(=O)(=O)Nc1noc2cc(C(C)c3ccccn3)cc(OC)c12.COc1cccc(CO)c1S(=O)(=O)Nc1noc2cc(Cc3ccccn3)cc(OC)c12.O=Cc1ccccn1.O=S(Cl)Cl.[2H]CC. The summed E-state index contributed by atoms with van der Waals surface area (Å²) in [6.07, 6.45) is 6.28. The molecule has 1 unspecified atom stereocenters. The van der Waals surface area contributed by atoms with E-state index in [2.05, 4.69) is 81.9 Å². The Bertz CT molecular complexity index is 5240. The zero-order valence-electron chi connectivity index (χ0n) is 58.0. The van der Waals surface area contributed by atoms with Crippen LogP contribution in [0.15, 0.2) is 197 Å². The van der Waals surface area contributed by atoms with Crippen molar-refractivity contribution in [1.29, 1.82) is 0 Å². The lowest BCUT2D eigenvalue weighted by molar-refractivity contribution is 0.111. The molecule has 6 heterocycles. The maximum absolute atomic E-state index is 13.2. The minimum atomic E-state index is -4.18. The van der Waals surface area contributed by atoms with Crippen LogP contribution in [0.25, 0.3) is 32.9 Å². The van der Waals surface area contributed by atoms with Crippen molar-refractivity contribution in [2.45, 2.75) is 67.6 Å². The monoisotopic (exact) mass is 1620 g/mol. The molecule has 0 saturated heterocycles. The van der Waals surface area contributed by atoms with Crippen molar-refractivity contribution in [2.75, 3.05) is 56.8 Å². The van der Waals surface area contributed by atoms with E-state index in [4.69, 9.17) is 47.6 Å². The molecule has 0 fully saturated rings. The van der Waals surface area contributed by atoms with Gasteiger partial charge < -0.3 is 57.3 Å². The molecule has 0 aliphatic heterocycles. The molecular formula is C69H70BrCl2N9O20S4. The van der Waals surface area contributed by atoms with E-state index in [1.54, 1.807) is 98.3 Å². The number of nitrogens with zero attached hydrogens (tertiary/aromatic N) is 6. The van der Waals surface area contributed by atoms with Crippen LogP contribution in [0.5, 0.6) is 34.5 Å². The van der Waals surface area contributed by atoms with Gasteiger partial charge in [-0.1, -0.05) is 107 Å². The molecule has 0 aliphatic carbocycles. The highest BCUT2D eigenvalue weighted by atomic mass is 79.9. The number of halogens is 3. The number of aromatic nitrogens is 6. The molecule has 556 valence electrons. The lowest BCUT2D eigenvalue weighted by Crippen LogP contribution is -2.17. The highest BCUT2D eigenvalue weighted by Gasteiger charge is 2.31. The van der Waals surface area contributed by atoms with E-state index < -0.39 is 59.1 Å². The summed E-state index contributed by atoms with van der Waals surface area (Å²) in [5.41, 5.74) is 5.57. The first-order valence-electron chi connectivity index (χ1n) is 31.2. The Kier molecular flexibility index (Phi) is 29.7. The van der Waals surface area contributed by atoms with E-state index in [9.17, 15) is 45.4 Å². The van der Waals surface area contributed by atoms with Crippen LogP contribution < -0.4 is 42.6 Å². The number of anilines is 3. The zero-order valence-corrected chi connectivity index (χ0v) is 63.4. The maximum atomic E-state index is 13.2. The topological polar surface area (TPSA) is 405 Å². The van der Waals surface area contributed by atoms with Crippen molar-refractivity contribution in [3.8, 4) is 34.5 Å². The van der Waals surface area contributed by atoms with Crippen LogP contribution in [0, 0.1) is 0 Å². The van der Waals surface area contributed by atoms with Gasteiger partial charge in [-0.15, -0.1) is 0 Å². The second-order valence-corrected chi connectivity index (χ2v) is 29.3. The van der Waals surface area contributed by atoms with Gasteiger partial charge in [-0.05, 0) is 102 Å². The molecular weight excluding hydrogens is 1550 g/mol. The Morgan fingerprint density at radius 3 is 1.27 bits per heavy atom. The lowest BCUT2D eigenvalue weighted by Gasteiger charge is -2.15. The third-order valence-electron chi connectivity index (χ3n) is 14.7. The van der Waals surface area contributed by atoms with Gasteiger partial charge >= 0.3 is 0 Å². The Morgan fingerprint density at radius 1 is 0.524 bits per heavy atom. The number of aliphatic hydroxyl groups excluding tert-OH is 3. The molecule has 12 rings (SSSR count). The summed E-state index contributed by atoms with van der Waals surface area (Å²) in [5.74, 6) is 1.32. The summed E-state index contributed by atoms with van der Waals surface area (Å²) >= 11 is 3.32. The maximum Gasteiger partial charge on any atom is 0.267 e. The van der Waals surface area contributed by atoms with Gasteiger partial charge in [-0.2, -0.15) is 0 Å². The predicted octanol–water partition coefficient (Wildman–Crippen LogP) is 12.7. The van der Waals surface area contributed by atoms with Crippen molar-refractivity contribution in [2.24, 2.45) is 0 Å². The Hall–Kier alpha value is -10.0. The number of carbonyl (C=O) groups excluding carboxylic acids is 1. The van der Waals surface area contributed by atoms with E-state index >= 15 is 0 Å². The summed E-state index contributed by atoms with van der Waals surface area (Å²) in [6, 6.07) is 40.8. The van der Waals surface area contributed by atoms with Gasteiger partial charge in [0.05, 0.1) is 62.5 Å². The van der Waals surface area contributed by atoms with Gasteiger partial charge in [0.15, 0.2) is 40.5 Å². The Labute approximate surface area is 624 Å². The zero-order chi connectivity index (χ0) is 77.3. The summed E-state index contributed by atoms with van der Waals surface area (Å²) in [6.45, 7) is 2.86. The van der Waals surface area contributed by atoms with Gasteiger partial charge in [0.1, 0.15) is 71.0 Å². The number of carbonyl (C=O) groups is 1. The standard InChI is InChI=1S/C23H23N3O6S.C22H21N3O6S.C16H15BrN2O6S.C6H5NO.C2H6.Cl2OS/c1-14(17-8-4-5-10-24-17)16-11-19(31-3)21-20(12-16)32-25-23(21)26-33(28,29)22-15(13-27)7-6-9-18(22)30-2;1-29-17-8-5-6-15(13-26)21(17)32(27,28)25-22-20-18(30-2)11-14(12-19(20)31-24-22)10-16-7-3-4-9-23-16;1-23-11-5-3-4-9(8-20)15(11)26(21,22)19-16-14-12(24-2)6-10(17)7-13(14)25-18-16;8-5-6-3-1-2-4-7-6;1-2;1-4(2)3/h4-12,14,27H,13H2,1-3H3,(H,25,26);3-9,11-12,26H,10,13H2,1-2H3,(H,24,25);3-7,20H,8H2,1-2H3,(H,18,19);1-5H;1-2H3;/i;;;;1D;. The molecule has 0 spiro atoms. The largest absolute Gasteiger partial charge is 0.496 e. The molecule has 0 aliphatic rings. The lowest BCUT2D eigenvalue weighted by atomic mass is 9.96. The smallest absolute Gasteiger partial charge is 0.267 e. The summed E-state index contributed by atoms with van der Waals surface area (Å²) in [7, 11) is 3.37. The third kappa shape index (κ3) is 20.7. The van der Waals surface area contributed by atoms with E-state index in [-0.39, 0.29) is 72.0 Å². The number of methoxy groups -OCH3 is 6. The number of rotatable bonds is 23. The molecule has 1 atom stereocenters. The quantitative estimate of drug-likeness (QED) is 0.0256. The fraction of sp³-hybridized carbons (Fsp3) is 0.203. The average molecular weight is 1630 g/mol. The number of aldehydes is 1. The number of hydrogen-bond donors (Lipinski definition) is 6. The van der Waals surface area contributed by atoms with Crippen LogP contribution in [0.2, 0.25) is 0 Å². The first kappa shape index (κ1) is 80.7. The molecule has 6 aromatic carbocycles. The number of hydrogen-bond acceptors (Lipinski definition) is 26. The molecule has 12 aromatic rings. The average Bonchev–Trinajstić information content (AvgIpc) is 1.60. The fourth-order valence-corrected chi connectivity index (χ4v) is 14.7. The van der Waals surface area contributed by atoms with Crippen molar-refractivity contribution >= 4 is 133 Å². The number of pyridine rings is 3. The van der Waals surface area contributed by atoms with Gasteiger partial charge in [0, 0.05) is 86.2 Å². The molecule has 6 aromatic heterocycles. The van der Waals surface area contributed by atoms with E-state index in [0.29, 0.717) is 73.6 Å². The number of fused-ring (bicyclic) bond motifs is 3. The molecule has 0 radical (unpaired) electrons. The second kappa shape index (κ2) is 38.7. The number of aliphatic hydroxyl groups is 3. The highest BCUT2D eigenvalue weighted by Crippen LogP contribution is 2.42. The Balaban J connectivity index is 0.000000203. The molecule has 29 nitrogen and oxygen atoms in total. The minimum Gasteiger partial charge on any atom is -0.496 e. The first-order chi connectivity index (χ1) is 50.8. The van der Waals surface area contributed by atoms with Gasteiger partial charge in [-0.25, -0.2) is 29.5 Å². The fourth-order valence-electron chi connectivity index (χ4n) is 10.1. The summed E-state index contributed by atoms with van der Waals surface area (Å²) < 4.78 is 150.